The molecule has 0 aliphatic rings. The molecule has 5 rings (SSSR count). The van der Waals surface area contributed by atoms with Crippen molar-refractivity contribution in [2.75, 3.05) is 18.5 Å². The summed E-state index contributed by atoms with van der Waals surface area (Å²) in [5.74, 6) is 2.07. The summed E-state index contributed by atoms with van der Waals surface area (Å²) in [5, 5.41) is 15.9. The van der Waals surface area contributed by atoms with Gasteiger partial charge >= 0.3 is 0 Å². The second-order valence-corrected chi connectivity index (χ2v) is 8.00. The number of fused-ring (bicyclic) bond motifs is 1. The van der Waals surface area contributed by atoms with Gasteiger partial charge in [-0.15, -0.1) is 10.2 Å². The fourth-order valence-corrected chi connectivity index (χ4v) is 3.88. The molecule has 7 heteroatoms. The van der Waals surface area contributed by atoms with E-state index in [4.69, 9.17) is 4.74 Å². The highest BCUT2D eigenvalue weighted by Gasteiger charge is 2.14. The molecule has 2 heterocycles. The number of carbonyl (C=O) groups excluding carboxylic acids is 1. The third kappa shape index (κ3) is 5.47. The highest BCUT2D eigenvalue weighted by molar-refractivity contribution is 5.90. The summed E-state index contributed by atoms with van der Waals surface area (Å²) in [5.41, 5.74) is 2.85. The summed E-state index contributed by atoms with van der Waals surface area (Å²) in [7, 11) is 0. The molecule has 0 bridgehead atoms. The van der Waals surface area contributed by atoms with Crippen molar-refractivity contribution >= 4 is 28.3 Å². The lowest BCUT2D eigenvalue weighted by Crippen LogP contribution is -2.29. The molecular weight excluding hydrogens is 438 g/mol. The zero-order valence-electron chi connectivity index (χ0n) is 19.1. The minimum Gasteiger partial charge on any atom is -0.492 e. The lowest BCUT2D eigenvalue weighted by molar-refractivity contribution is -0.120. The van der Waals surface area contributed by atoms with Gasteiger partial charge in [-0.3, -0.25) is 9.36 Å². The van der Waals surface area contributed by atoms with Gasteiger partial charge in [-0.25, -0.2) is 0 Å². The molecular formula is C28H25N5O2. The first-order chi connectivity index (χ1) is 17.3. The van der Waals surface area contributed by atoms with Crippen molar-refractivity contribution in [3.63, 3.8) is 0 Å². The van der Waals surface area contributed by atoms with Gasteiger partial charge in [0.25, 0.3) is 0 Å². The molecule has 0 saturated carbocycles. The summed E-state index contributed by atoms with van der Waals surface area (Å²) in [4.78, 5) is 12.6. The Hall–Kier alpha value is -4.65. The number of nitrogens with one attached hydrogen (secondary N) is 2. The van der Waals surface area contributed by atoms with Crippen LogP contribution in [0.4, 0.5) is 11.5 Å². The van der Waals surface area contributed by atoms with Crippen molar-refractivity contribution < 1.29 is 9.53 Å². The first-order valence-corrected chi connectivity index (χ1v) is 11.5. The van der Waals surface area contributed by atoms with Crippen LogP contribution in [0.5, 0.6) is 5.75 Å². The predicted molar refractivity (Wildman–Crippen MR) is 137 cm³/mol. The molecule has 0 aliphatic carbocycles. The maximum atomic E-state index is 12.6. The number of aromatic nitrogens is 3. The Morgan fingerprint density at radius 3 is 2.34 bits per heavy atom. The fourth-order valence-electron chi connectivity index (χ4n) is 3.88. The average Bonchev–Trinajstić information content (AvgIpc) is 3.26. The van der Waals surface area contributed by atoms with E-state index in [0.717, 1.165) is 27.9 Å². The summed E-state index contributed by atoms with van der Waals surface area (Å²) >= 11 is 0. The largest absolute Gasteiger partial charge is 0.492 e. The van der Waals surface area contributed by atoms with Crippen molar-refractivity contribution in [3.8, 4) is 11.6 Å². The number of carbonyl (C=O) groups is 1. The minimum atomic E-state index is -0.0574. The first kappa shape index (κ1) is 22.2. The Morgan fingerprint density at radius 2 is 1.57 bits per heavy atom. The summed E-state index contributed by atoms with van der Waals surface area (Å²) < 4.78 is 7.61. The highest BCUT2D eigenvalue weighted by Crippen LogP contribution is 2.25. The molecule has 174 valence electrons. The van der Waals surface area contributed by atoms with Crippen molar-refractivity contribution in [1.29, 1.82) is 0 Å². The Labute approximate surface area is 203 Å². The van der Waals surface area contributed by atoms with Gasteiger partial charge in [-0.05, 0) is 48.0 Å². The van der Waals surface area contributed by atoms with Crippen LogP contribution in [0.2, 0.25) is 0 Å². The van der Waals surface area contributed by atoms with Gasteiger partial charge in [0.1, 0.15) is 12.4 Å². The molecule has 35 heavy (non-hydrogen) atoms. The van der Waals surface area contributed by atoms with E-state index in [1.807, 2.05) is 108 Å². The highest BCUT2D eigenvalue weighted by atomic mass is 16.5. The van der Waals surface area contributed by atoms with Gasteiger partial charge in [0.15, 0.2) is 11.6 Å². The monoisotopic (exact) mass is 463 g/mol. The van der Waals surface area contributed by atoms with Crippen molar-refractivity contribution in [3.05, 3.63) is 109 Å². The van der Waals surface area contributed by atoms with Crippen LogP contribution in [0.1, 0.15) is 5.56 Å². The van der Waals surface area contributed by atoms with Gasteiger partial charge in [-0.1, -0.05) is 54.6 Å². The van der Waals surface area contributed by atoms with E-state index in [1.54, 1.807) is 0 Å². The van der Waals surface area contributed by atoms with Crippen LogP contribution in [0.25, 0.3) is 16.7 Å². The number of para-hydroxylation sites is 3. The topological polar surface area (TPSA) is 81.1 Å². The summed E-state index contributed by atoms with van der Waals surface area (Å²) in [6.45, 7) is 0.851. The lowest BCUT2D eigenvalue weighted by atomic mass is 10.1. The molecule has 2 N–H and O–H groups in total. The molecule has 0 fully saturated rings. The van der Waals surface area contributed by atoms with Gasteiger partial charge in [0.2, 0.25) is 5.91 Å². The van der Waals surface area contributed by atoms with E-state index >= 15 is 0 Å². The third-order valence-electron chi connectivity index (χ3n) is 5.53. The van der Waals surface area contributed by atoms with Gasteiger partial charge in [0.05, 0.1) is 18.5 Å². The van der Waals surface area contributed by atoms with E-state index in [-0.39, 0.29) is 12.3 Å². The quantitative estimate of drug-likeness (QED) is 0.304. The minimum absolute atomic E-state index is 0.0574. The number of anilines is 2. The van der Waals surface area contributed by atoms with E-state index in [1.165, 1.54) is 0 Å². The van der Waals surface area contributed by atoms with Crippen LogP contribution < -0.4 is 15.4 Å². The van der Waals surface area contributed by atoms with E-state index in [0.29, 0.717) is 24.8 Å². The first-order valence-electron chi connectivity index (χ1n) is 11.5. The Bertz CT molecular complexity index is 1400. The molecule has 0 unspecified atom stereocenters. The molecule has 3 aromatic carbocycles. The second kappa shape index (κ2) is 10.5. The number of ether oxygens (including phenoxy) is 1. The number of amides is 1. The van der Waals surface area contributed by atoms with Crippen LogP contribution in [-0.4, -0.2) is 33.8 Å². The van der Waals surface area contributed by atoms with Crippen LogP contribution >= 0.6 is 0 Å². The number of benzene rings is 3. The second-order valence-electron chi connectivity index (χ2n) is 8.00. The zero-order valence-corrected chi connectivity index (χ0v) is 19.1. The fraction of sp³-hybridized carbons (Fsp3) is 0.107. The predicted octanol–water partition coefficient (Wildman–Crippen LogP) is 4.90. The molecule has 1 amide bonds. The molecule has 0 atom stereocenters. The molecule has 0 aliphatic heterocycles. The van der Waals surface area contributed by atoms with Crippen molar-refractivity contribution in [2.45, 2.75) is 6.42 Å². The third-order valence-corrected chi connectivity index (χ3v) is 5.53. The molecule has 0 spiro atoms. The number of hydrogen-bond acceptors (Lipinski definition) is 5. The zero-order chi connectivity index (χ0) is 23.9. The maximum Gasteiger partial charge on any atom is 0.224 e. The Morgan fingerprint density at radius 1 is 0.829 bits per heavy atom. The van der Waals surface area contributed by atoms with Gasteiger partial charge in [0, 0.05) is 17.3 Å². The van der Waals surface area contributed by atoms with Crippen LogP contribution in [0.15, 0.2) is 103 Å². The van der Waals surface area contributed by atoms with E-state index in [9.17, 15) is 4.79 Å². The van der Waals surface area contributed by atoms with Crippen LogP contribution in [0.3, 0.4) is 0 Å². The number of nitrogens with zero attached hydrogens (tertiary/aromatic N) is 3. The maximum absolute atomic E-state index is 12.6. The lowest BCUT2D eigenvalue weighted by Gasteiger charge is -2.07. The molecule has 5 aromatic rings. The Kier molecular flexibility index (Phi) is 6.66. The van der Waals surface area contributed by atoms with Crippen LogP contribution in [-0.2, 0) is 11.2 Å². The average molecular weight is 464 g/mol. The summed E-state index contributed by atoms with van der Waals surface area (Å²) in [6, 6.07) is 31.2. The van der Waals surface area contributed by atoms with Gasteiger partial charge in [-0.2, -0.15) is 0 Å². The molecule has 2 aromatic heterocycles. The van der Waals surface area contributed by atoms with Crippen LogP contribution in [0, 0.1) is 0 Å². The number of hydrogen-bond donors (Lipinski definition) is 2. The van der Waals surface area contributed by atoms with Crippen molar-refractivity contribution in [2.24, 2.45) is 0 Å². The van der Waals surface area contributed by atoms with E-state index < -0.39 is 0 Å². The van der Waals surface area contributed by atoms with Gasteiger partial charge < -0.3 is 15.4 Å². The smallest absolute Gasteiger partial charge is 0.224 e. The Balaban J connectivity index is 1.26. The summed E-state index contributed by atoms with van der Waals surface area (Å²) in [6.07, 6.45) is 2.22. The normalized spacial score (nSPS) is 10.7. The number of rotatable bonds is 9. The molecule has 7 nitrogen and oxygen atoms in total. The van der Waals surface area contributed by atoms with E-state index in [2.05, 4.69) is 20.8 Å². The molecule has 0 saturated heterocycles. The SMILES string of the molecule is O=C(Cc1cn(-c2ccc(Nc3ccccc3)nn2)c2ccccc12)NCCOc1ccccc1. The standard InChI is InChI=1S/C28H25N5O2/c34-28(29-17-18-35-23-11-5-2-6-12-23)19-21-20-33(25-14-8-7-13-24(21)25)27-16-15-26(31-32-27)30-22-9-3-1-4-10-22/h1-16,20H,17-19H2,(H,29,34)(H,30,31). The molecule has 0 radical (unpaired) electrons. The van der Waals surface area contributed by atoms with Crippen molar-refractivity contribution in [1.82, 2.24) is 20.1 Å².